The van der Waals surface area contributed by atoms with Crippen molar-refractivity contribution in [3.63, 3.8) is 0 Å². The van der Waals surface area contributed by atoms with E-state index in [2.05, 4.69) is 10.3 Å². The van der Waals surface area contributed by atoms with Crippen molar-refractivity contribution in [3.05, 3.63) is 16.6 Å². The van der Waals surface area contributed by atoms with Crippen LogP contribution in [0.4, 0.5) is 0 Å². The van der Waals surface area contributed by atoms with Gasteiger partial charge in [0, 0.05) is 10.9 Å². The molecule has 3 N–H and O–H groups in total. The highest BCUT2D eigenvalue weighted by molar-refractivity contribution is 7.07. The molecule has 2 unspecified atom stereocenters. The lowest BCUT2D eigenvalue weighted by molar-refractivity contribution is -0.128. The van der Waals surface area contributed by atoms with Crippen LogP contribution in [0.5, 0.6) is 0 Å². The van der Waals surface area contributed by atoms with Gasteiger partial charge in [0.1, 0.15) is 0 Å². The van der Waals surface area contributed by atoms with E-state index in [4.69, 9.17) is 5.73 Å². The zero-order chi connectivity index (χ0) is 12.3. The molecular weight excluding hydrogens is 305 g/mol. The summed E-state index contributed by atoms with van der Waals surface area (Å²) >= 11 is 1.54. The first-order chi connectivity index (χ1) is 8.09. The minimum absolute atomic E-state index is 0. The third-order valence-electron chi connectivity index (χ3n) is 3.50. The van der Waals surface area contributed by atoms with Crippen molar-refractivity contribution in [1.82, 2.24) is 10.3 Å². The van der Waals surface area contributed by atoms with E-state index in [1.807, 2.05) is 12.3 Å². The number of aromatic nitrogens is 1. The number of hydrogen-bond acceptors (Lipinski definition) is 4. The Bertz CT molecular complexity index is 384. The quantitative estimate of drug-likeness (QED) is 0.897. The predicted molar refractivity (Wildman–Crippen MR) is 83.0 cm³/mol. The second kappa shape index (κ2) is 8.04. The Morgan fingerprint density at radius 2 is 2.32 bits per heavy atom. The first-order valence-electron chi connectivity index (χ1n) is 6.03. The van der Waals surface area contributed by atoms with Gasteiger partial charge >= 0.3 is 0 Å². The molecule has 0 bridgehead atoms. The lowest BCUT2D eigenvalue weighted by Gasteiger charge is -2.37. The second-order valence-electron chi connectivity index (χ2n) is 5.00. The van der Waals surface area contributed by atoms with Crippen molar-refractivity contribution in [1.29, 1.82) is 0 Å². The third-order valence-corrected chi connectivity index (χ3v) is 4.13. The Labute approximate surface area is 130 Å². The highest BCUT2D eigenvalue weighted by atomic mass is 35.5. The van der Waals surface area contributed by atoms with Crippen LogP contribution >= 0.6 is 36.2 Å². The highest BCUT2D eigenvalue weighted by Gasteiger charge is 2.37. The van der Waals surface area contributed by atoms with E-state index in [1.165, 1.54) is 11.3 Å². The Kier molecular flexibility index (Phi) is 7.89. The monoisotopic (exact) mass is 325 g/mol. The molecule has 0 radical (unpaired) electrons. The summed E-state index contributed by atoms with van der Waals surface area (Å²) in [5.41, 5.74) is 8.53. The first-order valence-corrected chi connectivity index (χ1v) is 6.97. The fourth-order valence-electron chi connectivity index (χ4n) is 2.41. The molecule has 2 atom stereocenters. The maximum Gasteiger partial charge on any atom is 0.225 e. The van der Waals surface area contributed by atoms with Crippen LogP contribution in [0.1, 0.15) is 38.3 Å². The molecule has 7 heteroatoms. The number of nitrogens with two attached hydrogens (primary N) is 1. The molecule has 1 aromatic rings. The van der Waals surface area contributed by atoms with Crippen LogP contribution in [0.25, 0.3) is 0 Å². The lowest BCUT2D eigenvalue weighted by Crippen LogP contribution is -2.52. The van der Waals surface area contributed by atoms with Gasteiger partial charge in [-0.05, 0) is 19.8 Å². The summed E-state index contributed by atoms with van der Waals surface area (Å²) < 4.78 is 0. The molecule has 0 saturated heterocycles. The van der Waals surface area contributed by atoms with Crippen molar-refractivity contribution < 1.29 is 4.79 Å². The van der Waals surface area contributed by atoms with Gasteiger partial charge in [-0.15, -0.1) is 36.2 Å². The van der Waals surface area contributed by atoms with Gasteiger partial charge < -0.3 is 11.1 Å². The van der Waals surface area contributed by atoms with Gasteiger partial charge in [-0.25, -0.2) is 4.98 Å². The van der Waals surface area contributed by atoms with E-state index in [0.717, 1.165) is 31.4 Å². The van der Waals surface area contributed by atoms with Crippen LogP contribution in [-0.4, -0.2) is 16.4 Å². The molecule has 4 nitrogen and oxygen atoms in total. The topological polar surface area (TPSA) is 68.0 Å². The van der Waals surface area contributed by atoms with Crippen molar-refractivity contribution in [2.75, 3.05) is 0 Å². The van der Waals surface area contributed by atoms with Gasteiger partial charge in [-0.1, -0.05) is 12.8 Å². The van der Waals surface area contributed by atoms with E-state index in [-0.39, 0.29) is 42.2 Å². The highest BCUT2D eigenvalue weighted by Crippen LogP contribution is 2.31. The number of rotatable bonds is 3. The largest absolute Gasteiger partial charge is 0.350 e. The summed E-state index contributed by atoms with van der Waals surface area (Å²) in [6.07, 6.45) is 4.06. The number of carbonyl (C=O) groups is 1. The smallest absolute Gasteiger partial charge is 0.225 e. The number of carbonyl (C=O) groups excluding carboxylic acids is 1. The van der Waals surface area contributed by atoms with Gasteiger partial charge in [0.05, 0.1) is 23.7 Å². The van der Waals surface area contributed by atoms with Gasteiger partial charge in [-0.2, -0.15) is 0 Å². The third kappa shape index (κ3) is 4.91. The van der Waals surface area contributed by atoms with Gasteiger partial charge in [0.15, 0.2) is 0 Å². The number of nitrogens with zero attached hydrogens (tertiary/aromatic N) is 1. The van der Waals surface area contributed by atoms with E-state index in [1.54, 1.807) is 5.51 Å². The molecule has 110 valence electrons. The Hall–Kier alpha value is -0.360. The Morgan fingerprint density at radius 1 is 1.58 bits per heavy atom. The Morgan fingerprint density at radius 3 is 2.89 bits per heavy atom. The average Bonchev–Trinajstić information content (AvgIpc) is 2.78. The standard InChI is InChI=1S/C12H19N3OS.2ClH/c1-12(13)5-3-2-4-10(12)11(16)14-6-9-7-17-8-15-9;;/h7-8,10H,2-6,13H2,1H3,(H,14,16);2*1H. The minimum atomic E-state index is -0.357. The molecule has 1 amide bonds. The fourth-order valence-corrected chi connectivity index (χ4v) is 2.97. The van der Waals surface area contributed by atoms with E-state index in [0.29, 0.717) is 6.54 Å². The summed E-state index contributed by atoms with van der Waals surface area (Å²) in [4.78, 5) is 16.2. The average molecular weight is 326 g/mol. The van der Waals surface area contributed by atoms with Crippen LogP contribution in [0.3, 0.4) is 0 Å². The molecule has 19 heavy (non-hydrogen) atoms. The second-order valence-corrected chi connectivity index (χ2v) is 5.72. The molecule has 1 heterocycles. The van der Waals surface area contributed by atoms with Gasteiger partial charge in [-0.3, -0.25) is 4.79 Å². The van der Waals surface area contributed by atoms with Crippen LogP contribution < -0.4 is 11.1 Å². The Balaban J connectivity index is 0.00000162. The maximum atomic E-state index is 12.1. The van der Waals surface area contributed by atoms with Crippen LogP contribution in [0, 0.1) is 5.92 Å². The van der Waals surface area contributed by atoms with E-state index in [9.17, 15) is 4.79 Å². The number of nitrogens with one attached hydrogen (secondary N) is 1. The molecule has 1 aliphatic rings. The lowest BCUT2D eigenvalue weighted by atomic mass is 9.74. The van der Waals surface area contributed by atoms with Crippen molar-refractivity contribution in [2.24, 2.45) is 11.7 Å². The molecule has 0 aliphatic heterocycles. The zero-order valence-electron chi connectivity index (χ0n) is 10.9. The minimum Gasteiger partial charge on any atom is -0.350 e. The number of halogens is 2. The summed E-state index contributed by atoms with van der Waals surface area (Å²) in [5, 5.41) is 4.88. The van der Waals surface area contributed by atoms with Gasteiger partial charge in [0.25, 0.3) is 0 Å². The molecule has 0 spiro atoms. The molecule has 2 rings (SSSR count). The van der Waals surface area contributed by atoms with Crippen LogP contribution in [-0.2, 0) is 11.3 Å². The van der Waals surface area contributed by atoms with E-state index >= 15 is 0 Å². The van der Waals surface area contributed by atoms with E-state index < -0.39 is 0 Å². The molecule has 1 aromatic heterocycles. The van der Waals surface area contributed by atoms with Crippen LogP contribution in [0.2, 0.25) is 0 Å². The summed E-state index contributed by atoms with van der Waals surface area (Å²) in [6, 6.07) is 0. The molecular formula is C12H21Cl2N3OS. The first kappa shape index (κ1) is 18.6. The van der Waals surface area contributed by atoms with Gasteiger partial charge in [0.2, 0.25) is 5.91 Å². The summed E-state index contributed by atoms with van der Waals surface area (Å²) in [7, 11) is 0. The number of amides is 1. The molecule has 0 aromatic carbocycles. The number of thiazole rings is 1. The summed E-state index contributed by atoms with van der Waals surface area (Å²) in [6.45, 7) is 2.49. The van der Waals surface area contributed by atoms with Crippen LogP contribution in [0.15, 0.2) is 10.9 Å². The van der Waals surface area contributed by atoms with Crippen molar-refractivity contribution in [2.45, 2.75) is 44.7 Å². The summed E-state index contributed by atoms with van der Waals surface area (Å²) in [5.74, 6) is 0.0117. The van der Waals surface area contributed by atoms with Crippen molar-refractivity contribution >= 4 is 42.1 Å². The maximum absolute atomic E-state index is 12.1. The SMILES string of the molecule is CC1(N)CCCCC1C(=O)NCc1cscn1.Cl.Cl. The van der Waals surface area contributed by atoms with Crippen molar-refractivity contribution in [3.8, 4) is 0 Å². The zero-order valence-corrected chi connectivity index (χ0v) is 13.4. The molecule has 1 fully saturated rings. The predicted octanol–water partition coefficient (Wildman–Crippen LogP) is 2.51. The fraction of sp³-hybridized carbons (Fsp3) is 0.667. The normalized spacial score (nSPS) is 25.9. The number of hydrogen-bond donors (Lipinski definition) is 2. The molecule has 1 aliphatic carbocycles. The molecule has 1 saturated carbocycles.